The molecule has 0 unspecified atom stereocenters. The lowest BCUT2D eigenvalue weighted by molar-refractivity contribution is -0.143. The van der Waals surface area contributed by atoms with E-state index in [4.69, 9.17) is 33.2 Å². The van der Waals surface area contributed by atoms with E-state index in [-0.39, 0.29) is 49.4 Å². The standard InChI is InChI=1S/C22H35NO6.C22H33NO6/c2*1-16(2)19(28-14-17-10-8-7-9-11-17)15-27-13-12-18(20(24)26-6)23-21(25)29-22(3,4)5/h7-11,16,18-19H,12-15H2,1-6H3,(H,23,25);7-12,16,19H,13-15H2,1-6H3,(H,23,25)/b;18-12-/t18-,19+;19-/m01/s1. The highest BCUT2D eigenvalue weighted by Crippen LogP contribution is 2.14. The van der Waals surface area contributed by atoms with Crippen LogP contribution in [0.5, 0.6) is 0 Å². The van der Waals surface area contributed by atoms with E-state index < -0.39 is 41.4 Å². The summed E-state index contributed by atoms with van der Waals surface area (Å²) in [5.41, 5.74) is 0.829. The molecule has 0 spiro atoms. The van der Waals surface area contributed by atoms with Crippen molar-refractivity contribution < 1.29 is 57.1 Å². The van der Waals surface area contributed by atoms with Gasteiger partial charge >= 0.3 is 24.1 Å². The summed E-state index contributed by atoms with van der Waals surface area (Å²) in [7, 11) is 2.51. The molecule has 0 aliphatic heterocycles. The molecule has 0 saturated carbocycles. The van der Waals surface area contributed by atoms with E-state index in [1.54, 1.807) is 41.5 Å². The highest BCUT2D eigenvalue weighted by Gasteiger charge is 2.25. The van der Waals surface area contributed by atoms with E-state index in [1.807, 2.05) is 60.7 Å². The number of alkyl carbamates (subject to hydrolysis) is 2. The number of carbonyl (C=O) groups is 4. The summed E-state index contributed by atoms with van der Waals surface area (Å²) < 4.78 is 43.1. The van der Waals surface area contributed by atoms with Gasteiger partial charge in [-0.15, -0.1) is 0 Å². The number of nitrogens with one attached hydrogen (secondary N) is 2. The van der Waals surface area contributed by atoms with Gasteiger partial charge in [0.05, 0.1) is 59.5 Å². The SMILES string of the molecule is COC(=O)/C(=C/COC[C@@H](OCc1ccccc1)C(C)C)NC(=O)OC(C)(C)C.COC(=O)[C@H](CCOC[C@@H](OCc1ccccc1)C(C)C)NC(=O)OC(C)(C)C. The van der Waals surface area contributed by atoms with Gasteiger partial charge in [0, 0.05) is 13.0 Å². The zero-order valence-electron chi connectivity index (χ0n) is 36.6. The summed E-state index contributed by atoms with van der Waals surface area (Å²) in [4.78, 5) is 47.6. The van der Waals surface area contributed by atoms with E-state index in [2.05, 4.69) is 43.1 Å². The van der Waals surface area contributed by atoms with Crippen molar-refractivity contribution in [2.45, 2.75) is 118 Å². The maximum Gasteiger partial charge on any atom is 0.412 e. The molecule has 14 nitrogen and oxygen atoms in total. The lowest BCUT2D eigenvalue weighted by Gasteiger charge is -2.24. The second-order valence-corrected chi connectivity index (χ2v) is 16.0. The first kappa shape index (κ1) is 51.5. The second kappa shape index (κ2) is 27.2. The van der Waals surface area contributed by atoms with E-state index in [0.717, 1.165) is 11.1 Å². The van der Waals surface area contributed by atoms with Crippen molar-refractivity contribution in [2.24, 2.45) is 11.8 Å². The lowest BCUT2D eigenvalue weighted by atomic mass is 10.1. The molecule has 326 valence electrons. The molecule has 0 radical (unpaired) electrons. The Hall–Kier alpha value is -4.50. The van der Waals surface area contributed by atoms with Gasteiger partial charge in [0.1, 0.15) is 22.9 Å². The van der Waals surface area contributed by atoms with E-state index in [9.17, 15) is 19.2 Å². The third-order valence-electron chi connectivity index (χ3n) is 7.84. The average Bonchev–Trinajstić information content (AvgIpc) is 3.14. The fourth-order valence-corrected chi connectivity index (χ4v) is 4.70. The molecule has 2 aromatic rings. The number of carbonyl (C=O) groups excluding carboxylic acids is 4. The molecule has 2 aromatic carbocycles. The number of benzene rings is 2. The predicted molar refractivity (Wildman–Crippen MR) is 221 cm³/mol. The highest BCUT2D eigenvalue weighted by atomic mass is 16.6. The zero-order valence-corrected chi connectivity index (χ0v) is 36.6. The van der Waals surface area contributed by atoms with Crippen LogP contribution >= 0.6 is 0 Å². The van der Waals surface area contributed by atoms with E-state index >= 15 is 0 Å². The Labute approximate surface area is 345 Å². The molecule has 0 aliphatic rings. The van der Waals surface area contributed by atoms with E-state index in [0.29, 0.717) is 26.4 Å². The quantitative estimate of drug-likeness (QED) is 0.0552. The topological polar surface area (TPSA) is 166 Å². The van der Waals surface area contributed by atoms with Gasteiger partial charge in [-0.2, -0.15) is 0 Å². The highest BCUT2D eigenvalue weighted by molar-refractivity contribution is 5.92. The molecule has 0 saturated heterocycles. The van der Waals surface area contributed by atoms with Crippen LogP contribution in [0, 0.1) is 11.8 Å². The number of hydrogen-bond acceptors (Lipinski definition) is 12. The van der Waals surface area contributed by atoms with Crippen molar-refractivity contribution in [3.63, 3.8) is 0 Å². The number of amides is 2. The number of esters is 2. The lowest BCUT2D eigenvalue weighted by Crippen LogP contribution is -2.44. The maximum absolute atomic E-state index is 11.9. The Morgan fingerprint density at radius 1 is 0.655 bits per heavy atom. The third-order valence-corrected chi connectivity index (χ3v) is 7.84. The van der Waals surface area contributed by atoms with Crippen LogP contribution in [0.1, 0.15) is 86.8 Å². The first-order valence-corrected chi connectivity index (χ1v) is 19.6. The zero-order chi connectivity index (χ0) is 43.7. The Morgan fingerprint density at radius 3 is 1.55 bits per heavy atom. The second-order valence-electron chi connectivity index (χ2n) is 16.0. The van der Waals surface area contributed by atoms with Gasteiger partial charge in [-0.25, -0.2) is 19.2 Å². The Morgan fingerprint density at radius 2 is 1.12 bits per heavy atom. The molecule has 0 heterocycles. The van der Waals surface area contributed by atoms with Gasteiger partial charge in [-0.3, -0.25) is 5.32 Å². The van der Waals surface area contributed by atoms with Crippen LogP contribution in [0.2, 0.25) is 0 Å². The number of ether oxygens (including phenoxy) is 8. The van der Waals surface area contributed by atoms with Crippen molar-refractivity contribution in [1.29, 1.82) is 0 Å². The van der Waals surface area contributed by atoms with Crippen molar-refractivity contribution >= 4 is 24.1 Å². The van der Waals surface area contributed by atoms with Crippen LogP contribution in [0.3, 0.4) is 0 Å². The van der Waals surface area contributed by atoms with Crippen LogP contribution in [0.25, 0.3) is 0 Å². The molecular weight excluding hydrogens is 748 g/mol. The minimum absolute atomic E-state index is 0.0342. The van der Waals surface area contributed by atoms with Crippen molar-refractivity contribution in [3.8, 4) is 0 Å². The number of methoxy groups -OCH3 is 2. The van der Waals surface area contributed by atoms with Gasteiger partial charge in [0.2, 0.25) is 0 Å². The smallest absolute Gasteiger partial charge is 0.412 e. The predicted octanol–water partition coefficient (Wildman–Crippen LogP) is 7.53. The fourth-order valence-electron chi connectivity index (χ4n) is 4.70. The molecule has 0 aromatic heterocycles. The molecule has 0 bridgehead atoms. The molecule has 58 heavy (non-hydrogen) atoms. The maximum atomic E-state index is 11.9. The Bertz CT molecular complexity index is 1500. The average molecular weight is 817 g/mol. The van der Waals surface area contributed by atoms with Gasteiger partial charge < -0.3 is 43.2 Å². The molecule has 3 atom stereocenters. The molecule has 0 aliphatic carbocycles. The van der Waals surface area contributed by atoms with Gasteiger partial charge in [-0.1, -0.05) is 88.4 Å². The number of hydrogen-bond donors (Lipinski definition) is 2. The Balaban J connectivity index is 0.000000580. The van der Waals surface area contributed by atoms with Crippen molar-refractivity contribution in [1.82, 2.24) is 10.6 Å². The van der Waals surface area contributed by atoms with E-state index in [1.165, 1.54) is 20.3 Å². The fraction of sp³-hybridized carbons (Fsp3) is 0.591. The molecule has 2 amide bonds. The summed E-state index contributed by atoms with van der Waals surface area (Å²) >= 11 is 0. The summed E-state index contributed by atoms with van der Waals surface area (Å²) in [5.74, 6) is -0.696. The van der Waals surface area contributed by atoms with Gasteiger partial charge in [0.15, 0.2) is 0 Å². The minimum Gasteiger partial charge on any atom is -0.467 e. The normalized spacial score (nSPS) is 13.4. The van der Waals surface area contributed by atoms with Crippen molar-refractivity contribution in [2.75, 3.05) is 40.6 Å². The van der Waals surface area contributed by atoms with Crippen LogP contribution < -0.4 is 10.6 Å². The molecule has 2 rings (SSSR count). The summed E-state index contributed by atoms with van der Waals surface area (Å²) in [6, 6.07) is 19.0. The minimum atomic E-state index is -0.836. The summed E-state index contributed by atoms with van der Waals surface area (Å²) in [6.45, 7) is 20.8. The molecule has 0 fully saturated rings. The van der Waals surface area contributed by atoms with Crippen LogP contribution in [0.15, 0.2) is 72.4 Å². The van der Waals surface area contributed by atoms with Gasteiger partial charge in [-0.05, 0) is 70.6 Å². The first-order chi connectivity index (χ1) is 27.2. The summed E-state index contributed by atoms with van der Waals surface area (Å²) in [6.07, 6.45) is 0.133. The van der Waals surface area contributed by atoms with Crippen LogP contribution in [0.4, 0.5) is 9.59 Å². The molecular formula is C44H68N2O12. The van der Waals surface area contributed by atoms with Gasteiger partial charge in [0.25, 0.3) is 0 Å². The molecule has 2 N–H and O–H groups in total. The third kappa shape index (κ3) is 24.3. The Kier molecular flexibility index (Phi) is 24.2. The monoisotopic (exact) mass is 816 g/mol. The molecule has 14 heteroatoms. The first-order valence-electron chi connectivity index (χ1n) is 19.6. The van der Waals surface area contributed by atoms with Crippen LogP contribution in [-0.2, 0) is 60.7 Å². The van der Waals surface area contributed by atoms with Crippen molar-refractivity contribution in [3.05, 3.63) is 83.6 Å². The number of rotatable bonds is 21. The summed E-state index contributed by atoms with van der Waals surface area (Å²) in [5, 5.41) is 4.93. The van der Waals surface area contributed by atoms with Crippen LogP contribution in [-0.4, -0.2) is 94.2 Å². The largest absolute Gasteiger partial charge is 0.467 e.